The molecular formula is C17H15NO2. The minimum absolute atomic E-state index is 0.0516. The first-order valence-electron chi connectivity index (χ1n) is 6.33. The fourth-order valence-electron chi connectivity index (χ4n) is 2.02. The molecule has 0 radical (unpaired) electrons. The lowest BCUT2D eigenvalue weighted by Crippen LogP contribution is -1.99. The van der Waals surface area contributed by atoms with Crippen molar-refractivity contribution in [2.45, 2.75) is 20.5 Å². The van der Waals surface area contributed by atoms with E-state index in [4.69, 9.17) is 10.00 Å². The predicted octanol–water partition coefficient (Wildman–Crippen LogP) is 3.65. The fraction of sp³-hybridized carbons (Fsp3) is 0.176. The Hall–Kier alpha value is -2.60. The fourth-order valence-corrected chi connectivity index (χ4v) is 2.02. The smallest absolute Gasteiger partial charge is 0.160 e. The summed E-state index contributed by atoms with van der Waals surface area (Å²) in [5, 5.41) is 8.84. The van der Waals surface area contributed by atoms with Gasteiger partial charge in [-0.3, -0.25) is 4.79 Å². The number of hydrogen-bond donors (Lipinski definition) is 0. The zero-order valence-electron chi connectivity index (χ0n) is 11.5. The van der Waals surface area contributed by atoms with Gasteiger partial charge in [-0.05, 0) is 55.3 Å². The van der Waals surface area contributed by atoms with Gasteiger partial charge in [0, 0.05) is 5.56 Å². The van der Waals surface area contributed by atoms with Crippen LogP contribution >= 0.6 is 0 Å². The molecule has 3 heteroatoms. The molecular weight excluding hydrogens is 250 g/mol. The van der Waals surface area contributed by atoms with Gasteiger partial charge in [0.1, 0.15) is 12.4 Å². The van der Waals surface area contributed by atoms with Crippen LogP contribution in [-0.2, 0) is 6.61 Å². The molecule has 0 saturated carbocycles. The summed E-state index contributed by atoms with van der Waals surface area (Å²) in [7, 11) is 0. The Bertz CT molecular complexity index is 684. The lowest BCUT2D eigenvalue weighted by Gasteiger charge is -2.09. The van der Waals surface area contributed by atoms with E-state index in [1.807, 2.05) is 25.1 Å². The molecule has 0 aliphatic rings. The first-order chi connectivity index (χ1) is 9.60. The van der Waals surface area contributed by atoms with Crippen molar-refractivity contribution in [1.29, 1.82) is 5.26 Å². The summed E-state index contributed by atoms with van der Waals surface area (Å²) in [6.07, 6.45) is 0. The van der Waals surface area contributed by atoms with E-state index in [1.54, 1.807) is 31.2 Å². The summed E-state index contributed by atoms with van der Waals surface area (Å²) in [5.74, 6) is 0.769. The van der Waals surface area contributed by atoms with Crippen LogP contribution in [0.2, 0.25) is 0 Å². The number of nitriles is 1. The van der Waals surface area contributed by atoms with Crippen LogP contribution in [0.3, 0.4) is 0 Å². The number of aryl methyl sites for hydroxylation is 1. The number of ketones is 1. The molecule has 0 bridgehead atoms. The maximum absolute atomic E-state index is 11.4. The SMILES string of the molecule is CC(=O)c1ccc(OCc2cccc(C#N)c2)cc1C. The summed E-state index contributed by atoms with van der Waals surface area (Å²) in [6, 6.07) is 14.8. The van der Waals surface area contributed by atoms with Crippen LogP contribution in [0.15, 0.2) is 42.5 Å². The van der Waals surface area contributed by atoms with Crippen molar-refractivity contribution in [2.24, 2.45) is 0 Å². The standard InChI is InChI=1S/C17H15NO2/c1-12-8-16(6-7-17(12)13(2)19)20-11-15-5-3-4-14(9-15)10-18/h3-9H,11H2,1-2H3. The molecule has 0 fully saturated rings. The molecule has 0 heterocycles. The van der Waals surface area contributed by atoms with Crippen LogP contribution in [0.5, 0.6) is 5.75 Å². The van der Waals surface area contributed by atoms with Gasteiger partial charge in [0.05, 0.1) is 11.6 Å². The van der Waals surface area contributed by atoms with Crippen molar-refractivity contribution in [2.75, 3.05) is 0 Å². The van der Waals surface area contributed by atoms with Gasteiger partial charge in [0.25, 0.3) is 0 Å². The molecule has 3 nitrogen and oxygen atoms in total. The quantitative estimate of drug-likeness (QED) is 0.793. The largest absolute Gasteiger partial charge is 0.489 e. The van der Waals surface area contributed by atoms with Gasteiger partial charge < -0.3 is 4.74 Å². The molecule has 2 aromatic carbocycles. The topological polar surface area (TPSA) is 50.1 Å². The van der Waals surface area contributed by atoms with E-state index in [1.165, 1.54) is 0 Å². The Morgan fingerprint density at radius 3 is 2.70 bits per heavy atom. The molecule has 100 valence electrons. The van der Waals surface area contributed by atoms with Crippen molar-refractivity contribution >= 4 is 5.78 Å². The highest BCUT2D eigenvalue weighted by molar-refractivity contribution is 5.95. The maximum atomic E-state index is 11.4. The number of ether oxygens (including phenoxy) is 1. The third-order valence-electron chi connectivity index (χ3n) is 3.04. The van der Waals surface area contributed by atoms with E-state index in [0.717, 1.165) is 16.9 Å². The Labute approximate surface area is 118 Å². The molecule has 0 aliphatic heterocycles. The molecule has 2 rings (SSSR count). The van der Waals surface area contributed by atoms with Crippen LogP contribution in [0.1, 0.15) is 34.0 Å². The number of carbonyl (C=O) groups excluding carboxylic acids is 1. The van der Waals surface area contributed by atoms with Gasteiger partial charge in [0.15, 0.2) is 5.78 Å². The number of hydrogen-bond acceptors (Lipinski definition) is 3. The van der Waals surface area contributed by atoms with E-state index in [2.05, 4.69) is 6.07 Å². The van der Waals surface area contributed by atoms with Crippen LogP contribution in [0.4, 0.5) is 0 Å². The summed E-state index contributed by atoms with van der Waals surface area (Å²) < 4.78 is 5.69. The van der Waals surface area contributed by atoms with Crippen molar-refractivity contribution in [3.63, 3.8) is 0 Å². The van der Waals surface area contributed by atoms with E-state index in [9.17, 15) is 4.79 Å². The highest BCUT2D eigenvalue weighted by atomic mass is 16.5. The number of Topliss-reactive ketones (excluding diaryl/α,β-unsaturated/α-hetero) is 1. The lowest BCUT2D eigenvalue weighted by atomic mass is 10.1. The molecule has 2 aromatic rings. The number of carbonyl (C=O) groups is 1. The summed E-state index contributed by atoms with van der Waals surface area (Å²) in [5.41, 5.74) is 3.18. The van der Waals surface area contributed by atoms with Gasteiger partial charge in [-0.25, -0.2) is 0 Å². The van der Waals surface area contributed by atoms with Gasteiger partial charge in [-0.1, -0.05) is 12.1 Å². The third-order valence-corrected chi connectivity index (χ3v) is 3.04. The summed E-state index contributed by atoms with van der Waals surface area (Å²) in [6.45, 7) is 3.84. The Balaban J connectivity index is 2.09. The molecule has 0 amide bonds. The first-order valence-corrected chi connectivity index (χ1v) is 6.33. The second kappa shape index (κ2) is 6.03. The van der Waals surface area contributed by atoms with Crippen LogP contribution in [0.25, 0.3) is 0 Å². The monoisotopic (exact) mass is 265 g/mol. The van der Waals surface area contributed by atoms with Crippen molar-refractivity contribution in [3.8, 4) is 11.8 Å². The normalized spacial score (nSPS) is 9.85. The molecule has 0 N–H and O–H groups in total. The molecule has 20 heavy (non-hydrogen) atoms. The summed E-state index contributed by atoms with van der Waals surface area (Å²) in [4.78, 5) is 11.4. The zero-order chi connectivity index (χ0) is 14.5. The molecule has 0 aliphatic carbocycles. The van der Waals surface area contributed by atoms with E-state index < -0.39 is 0 Å². The molecule has 0 atom stereocenters. The molecule has 0 aromatic heterocycles. The van der Waals surface area contributed by atoms with E-state index in [-0.39, 0.29) is 5.78 Å². The van der Waals surface area contributed by atoms with Crippen LogP contribution < -0.4 is 4.74 Å². The highest BCUT2D eigenvalue weighted by Crippen LogP contribution is 2.19. The Kier molecular flexibility index (Phi) is 4.17. The molecule has 0 unspecified atom stereocenters. The average molecular weight is 265 g/mol. The second-order valence-corrected chi connectivity index (χ2v) is 4.63. The minimum atomic E-state index is 0.0516. The maximum Gasteiger partial charge on any atom is 0.160 e. The number of benzene rings is 2. The first kappa shape index (κ1) is 13.8. The number of rotatable bonds is 4. The van der Waals surface area contributed by atoms with Gasteiger partial charge >= 0.3 is 0 Å². The number of nitrogens with zero attached hydrogens (tertiary/aromatic N) is 1. The van der Waals surface area contributed by atoms with Crippen LogP contribution in [-0.4, -0.2) is 5.78 Å². The highest BCUT2D eigenvalue weighted by Gasteiger charge is 2.05. The van der Waals surface area contributed by atoms with E-state index >= 15 is 0 Å². The Morgan fingerprint density at radius 2 is 2.05 bits per heavy atom. The molecule has 0 saturated heterocycles. The minimum Gasteiger partial charge on any atom is -0.489 e. The average Bonchev–Trinajstić information content (AvgIpc) is 2.45. The van der Waals surface area contributed by atoms with Crippen molar-refractivity contribution in [1.82, 2.24) is 0 Å². The zero-order valence-corrected chi connectivity index (χ0v) is 11.5. The molecule has 0 spiro atoms. The van der Waals surface area contributed by atoms with Crippen molar-refractivity contribution in [3.05, 3.63) is 64.7 Å². The van der Waals surface area contributed by atoms with E-state index in [0.29, 0.717) is 17.7 Å². The second-order valence-electron chi connectivity index (χ2n) is 4.63. The van der Waals surface area contributed by atoms with Crippen LogP contribution in [0, 0.1) is 18.3 Å². The lowest BCUT2D eigenvalue weighted by molar-refractivity contribution is 0.101. The Morgan fingerprint density at radius 1 is 1.25 bits per heavy atom. The predicted molar refractivity (Wildman–Crippen MR) is 76.7 cm³/mol. The van der Waals surface area contributed by atoms with Gasteiger partial charge in [0.2, 0.25) is 0 Å². The third kappa shape index (κ3) is 3.24. The van der Waals surface area contributed by atoms with Gasteiger partial charge in [-0.2, -0.15) is 5.26 Å². The van der Waals surface area contributed by atoms with Crippen molar-refractivity contribution < 1.29 is 9.53 Å². The van der Waals surface area contributed by atoms with Gasteiger partial charge in [-0.15, -0.1) is 0 Å². The summed E-state index contributed by atoms with van der Waals surface area (Å²) >= 11 is 0.